The molecular formula is C21H26N2O3S. The number of phenols is 1. The molecule has 3 rings (SSSR count). The van der Waals surface area contributed by atoms with Crippen molar-refractivity contribution in [1.82, 2.24) is 10.2 Å². The number of carbonyl (C=O) groups is 2. The fraction of sp³-hybridized carbons (Fsp3) is 0.429. The third kappa shape index (κ3) is 4.69. The highest BCUT2D eigenvalue weighted by atomic mass is 32.1. The van der Waals surface area contributed by atoms with Crippen LogP contribution in [0.5, 0.6) is 5.75 Å². The molecule has 1 saturated heterocycles. The van der Waals surface area contributed by atoms with Gasteiger partial charge in [-0.3, -0.25) is 9.59 Å². The SMILES string of the molecule is CC(C)C(NC(=O)c1cccs1)C(=O)N1CCC(c2ccc(O)cc2)CC1. The zero-order valence-corrected chi connectivity index (χ0v) is 16.5. The molecule has 144 valence electrons. The van der Waals surface area contributed by atoms with Gasteiger partial charge in [-0.05, 0) is 53.8 Å². The van der Waals surface area contributed by atoms with Gasteiger partial charge in [-0.1, -0.05) is 32.0 Å². The summed E-state index contributed by atoms with van der Waals surface area (Å²) in [4.78, 5) is 27.9. The van der Waals surface area contributed by atoms with Gasteiger partial charge in [0.2, 0.25) is 5.91 Å². The molecule has 1 aliphatic rings. The van der Waals surface area contributed by atoms with Crippen LogP contribution in [-0.2, 0) is 4.79 Å². The molecule has 0 saturated carbocycles. The number of amides is 2. The molecule has 2 aromatic rings. The number of thiophene rings is 1. The van der Waals surface area contributed by atoms with E-state index in [1.807, 2.05) is 42.3 Å². The Kier molecular flexibility index (Phi) is 6.16. The number of hydrogen-bond acceptors (Lipinski definition) is 4. The Labute approximate surface area is 164 Å². The van der Waals surface area contributed by atoms with Gasteiger partial charge < -0.3 is 15.3 Å². The molecule has 2 N–H and O–H groups in total. The van der Waals surface area contributed by atoms with Crippen molar-refractivity contribution >= 4 is 23.2 Å². The van der Waals surface area contributed by atoms with Crippen molar-refractivity contribution < 1.29 is 14.7 Å². The maximum Gasteiger partial charge on any atom is 0.262 e. The Bertz CT molecular complexity index is 763. The zero-order chi connectivity index (χ0) is 19.4. The molecular weight excluding hydrogens is 360 g/mol. The largest absolute Gasteiger partial charge is 0.508 e. The van der Waals surface area contributed by atoms with Crippen LogP contribution in [-0.4, -0.2) is 41.0 Å². The van der Waals surface area contributed by atoms with Crippen molar-refractivity contribution in [2.75, 3.05) is 13.1 Å². The van der Waals surface area contributed by atoms with Gasteiger partial charge in [0, 0.05) is 13.1 Å². The van der Waals surface area contributed by atoms with Crippen molar-refractivity contribution in [1.29, 1.82) is 0 Å². The lowest BCUT2D eigenvalue weighted by atomic mass is 9.89. The summed E-state index contributed by atoms with van der Waals surface area (Å²) in [5.74, 6) is 0.506. The van der Waals surface area contributed by atoms with Crippen LogP contribution in [0, 0.1) is 5.92 Å². The number of hydrogen-bond donors (Lipinski definition) is 2. The van der Waals surface area contributed by atoms with Gasteiger partial charge in [0.05, 0.1) is 4.88 Å². The molecule has 0 spiro atoms. The van der Waals surface area contributed by atoms with Crippen molar-refractivity contribution in [3.05, 3.63) is 52.2 Å². The fourth-order valence-corrected chi connectivity index (χ4v) is 4.14. The van der Waals surface area contributed by atoms with Gasteiger partial charge in [-0.25, -0.2) is 0 Å². The van der Waals surface area contributed by atoms with E-state index in [-0.39, 0.29) is 23.5 Å². The Balaban J connectivity index is 1.60. The van der Waals surface area contributed by atoms with Crippen LogP contribution >= 0.6 is 11.3 Å². The second-order valence-electron chi connectivity index (χ2n) is 7.36. The summed E-state index contributed by atoms with van der Waals surface area (Å²) < 4.78 is 0. The van der Waals surface area contributed by atoms with E-state index >= 15 is 0 Å². The number of likely N-dealkylation sites (tertiary alicyclic amines) is 1. The van der Waals surface area contributed by atoms with Crippen molar-refractivity contribution in [3.63, 3.8) is 0 Å². The van der Waals surface area contributed by atoms with E-state index in [9.17, 15) is 14.7 Å². The molecule has 1 aliphatic heterocycles. The van der Waals surface area contributed by atoms with Crippen LogP contribution in [0.1, 0.15) is 47.8 Å². The molecule has 1 unspecified atom stereocenters. The van der Waals surface area contributed by atoms with Gasteiger partial charge in [0.15, 0.2) is 0 Å². The average molecular weight is 387 g/mol. The topological polar surface area (TPSA) is 69.6 Å². The highest BCUT2D eigenvalue weighted by Gasteiger charge is 2.31. The maximum atomic E-state index is 13.0. The average Bonchev–Trinajstić information content (AvgIpc) is 3.21. The summed E-state index contributed by atoms with van der Waals surface area (Å²) in [6.07, 6.45) is 1.78. The van der Waals surface area contributed by atoms with Gasteiger partial charge in [0.1, 0.15) is 11.8 Å². The smallest absolute Gasteiger partial charge is 0.262 e. The first-order valence-corrected chi connectivity index (χ1v) is 10.3. The Hall–Kier alpha value is -2.34. The first kappa shape index (κ1) is 19.4. The van der Waals surface area contributed by atoms with E-state index in [0.717, 1.165) is 12.8 Å². The number of aromatic hydroxyl groups is 1. The van der Waals surface area contributed by atoms with Crippen LogP contribution in [0.25, 0.3) is 0 Å². The van der Waals surface area contributed by atoms with Crippen molar-refractivity contribution in [2.45, 2.75) is 38.6 Å². The third-order valence-corrected chi connectivity index (χ3v) is 6.00. The molecule has 1 aromatic heterocycles. The molecule has 27 heavy (non-hydrogen) atoms. The quantitative estimate of drug-likeness (QED) is 0.825. The van der Waals surface area contributed by atoms with Gasteiger partial charge in [-0.2, -0.15) is 0 Å². The second kappa shape index (κ2) is 8.57. The molecule has 1 aromatic carbocycles. The molecule has 1 atom stereocenters. The Morgan fingerprint density at radius 2 is 1.81 bits per heavy atom. The highest BCUT2D eigenvalue weighted by molar-refractivity contribution is 7.12. The van der Waals surface area contributed by atoms with Crippen LogP contribution in [0.3, 0.4) is 0 Å². The number of nitrogens with zero attached hydrogens (tertiary/aromatic N) is 1. The lowest BCUT2D eigenvalue weighted by Crippen LogP contribution is -2.52. The van der Waals surface area contributed by atoms with E-state index in [4.69, 9.17) is 0 Å². The van der Waals surface area contributed by atoms with E-state index in [1.54, 1.807) is 18.2 Å². The maximum absolute atomic E-state index is 13.0. The van der Waals surface area contributed by atoms with E-state index in [2.05, 4.69) is 5.32 Å². The van der Waals surface area contributed by atoms with Crippen molar-refractivity contribution in [3.8, 4) is 5.75 Å². The molecule has 1 fully saturated rings. The second-order valence-corrected chi connectivity index (χ2v) is 8.31. The summed E-state index contributed by atoms with van der Waals surface area (Å²) in [5, 5.41) is 14.2. The minimum Gasteiger partial charge on any atom is -0.508 e. The molecule has 0 aliphatic carbocycles. The molecule has 0 bridgehead atoms. The highest BCUT2D eigenvalue weighted by Crippen LogP contribution is 2.29. The number of phenolic OH excluding ortho intramolecular Hbond substituents is 1. The molecule has 5 nitrogen and oxygen atoms in total. The summed E-state index contributed by atoms with van der Waals surface area (Å²) in [6.45, 7) is 5.28. The monoisotopic (exact) mass is 386 g/mol. The van der Waals surface area contributed by atoms with E-state index in [0.29, 0.717) is 23.9 Å². The molecule has 0 radical (unpaired) electrons. The zero-order valence-electron chi connectivity index (χ0n) is 15.7. The molecule has 2 heterocycles. The Morgan fingerprint density at radius 3 is 2.37 bits per heavy atom. The van der Waals surface area contributed by atoms with Crippen LogP contribution < -0.4 is 5.32 Å². The minimum absolute atomic E-state index is 0.000868. The number of piperidine rings is 1. The Morgan fingerprint density at radius 1 is 1.15 bits per heavy atom. The first-order valence-electron chi connectivity index (χ1n) is 9.38. The number of nitrogens with one attached hydrogen (secondary N) is 1. The molecule has 2 amide bonds. The van der Waals surface area contributed by atoms with Crippen LogP contribution in [0.2, 0.25) is 0 Å². The van der Waals surface area contributed by atoms with Gasteiger partial charge in [-0.15, -0.1) is 11.3 Å². The van der Waals surface area contributed by atoms with Crippen molar-refractivity contribution in [2.24, 2.45) is 5.92 Å². The summed E-state index contributed by atoms with van der Waals surface area (Å²) >= 11 is 1.38. The number of rotatable bonds is 5. The van der Waals surface area contributed by atoms with Crippen LogP contribution in [0.15, 0.2) is 41.8 Å². The third-order valence-electron chi connectivity index (χ3n) is 5.14. The van der Waals surface area contributed by atoms with Gasteiger partial charge in [0.25, 0.3) is 5.91 Å². The summed E-state index contributed by atoms with van der Waals surface area (Å²) in [6, 6.07) is 10.4. The lowest BCUT2D eigenvalue weighted by Gasteiger charge is -2.35. The van der Waals surface area contributed by atoms with E-state index < -0.39 is 6.04 Å². The minimum atomic E-state index is -0.509. The predicted molar refractivity (Wildman–Crippen MR) is 107 cm³/mol. The number of carbonyl (C=O) groups excluding carboxylic acids is 2. The summed E-state index contributed by atoms with van der Waals surface area (Å²) in [5.41, 5.74) is 1.20. The van der Waals surface area contributed by atoms with Crippen LogP contribution in [0.4, 0.5) is 0 Å². The first-order chi connectivity index (χ1) is 13.0. The molecule has 6 heteroatoms. The van der Waals surface area contributed by atoms with E-state index in [1.165, 1.54) is 16.9 Å². The number of benzene rings is 1. The lowest BCUT2D eigenvalue weighted by molar-refractivity contribution is -0.135. The summed E-state index contributed by atoms with van der Waals surface area (Å²) in [7, 11) is 0. The predicted octanol–water partition coefficient (Wildman–Crippen LogP) is 3.61. The van der Waals surface area contributed by atoms with Gasteiger partial charge >= 0.3 is 0 Å². The normalized spacial score (nSPS) is 16.3. The fourth-order valence-electron chi connectivity index (χ4n) is 3.51. The standard InChI is InChI=1S/C21H26N2O3S/c1-14(2)19(22-20(25)18-4-3-13-27-18)21(26)23-11-9-16(10-12-23)15-5-7-17(24)8-6-15/h3-8,13-14,16,19,24H,9-12H2,1-2H3,(H,22,25).